The Morgan fingerprint density at radius 2 is 2.31 bits per heavy atom. The van der Waals surface area contributed by atoms with E-state index < -0.39 is 0 Å². The van der Waals surface area contributed by atoms with Gasteiger partial charge < -0.3 is 14.9 Å². The third-order valence-corrected chi connectivity index (χ3v) is 1.95. The fourth-order valence-electron chi connectivity index (χ4n) is 1.27. The fourth-order valence-corrected chi connectivity index (χ4v) is 1.27. The second-order valence-corrected chi connectivity index (χ2v) is 3.28. The van der Waals surface area contributed by atoms with Gasteiger partial charge in [-0.25, -0.2) is 4.98 Å². The number of furan rings is 1. The summed E-state index contributed by atoms with van der Waals surface area (Å²) in [5.41, 5.74) is 6.22. The third-order valence-electron chi connectivity index (χ3n) is 1.95. The molecule has 0 aromatic carbocycles. The molecule has 0 radical (unpaired) electrons. The lowest BCUT2D eigenvalue weighted by Gasteiger charge is -2.05. The van der Waals surface area contributed by atoms with Gasteiger partial charge in [0.2, 0.25) is 11.8 Å². The van der Waals surface area contributed by atoms with Crippen molar-refractivity contribution in [2.45, 2.75) is 13.3 Å². The van der Waals surface area contributed by atoms with E-state index in [9.17, 15) is 0 Å². The van der Waals surface area contributed by atoms with E-state index in [2.05, 4.69) is 9.97 Å². The molecule has 2 aromatic heterocycles. The Morgan fingerprint density at radius 3 is 3.00 bits per heavy atom. The minimum Gasteiger partial charge on any atom is -0.478 e. The van der Waals surface area contributed by atoms with Crippen LogP contribution in [-0.4, -0.2) is 16.6 Å². The predicted molar refractivity (Wildman–Crippen MR) is 59.9 cm³/mol. The molecule has 0 unspecified atom stereocenters. The lowest BCUT2D eigenvalue weighted by molar-refractivity contribution is 0.305. The van der Waals surface area contributed by atoms with Crippen molar-refractivity contribution in [1.29, 1.82) is 0 Å². The maximum atomic E-state index is 5.59. The van der Waals surface area contributed by atoms with Crippen LogP contribution in [0.3, 0.4) is 0 Å². The lowest BCUT2D eigenvalue weighted by atomic mass is 10.3. The van der Waals surface area contributed by atoms with Crippen molar-refractivity contribution >= 4 is 5.95 Å². The fraction of sp³-hybridized carbons (Fsp3) is 0.273. The number of nitrogen functional groups attached to an aromatic ring is 1. The maximum Gasteiger partial charge on any atom is 0.223 e. The third kappa shape index (κ3) is 2.31. The molecule has 2 rings (SSSR count). The summed E-state index contributed by atoms with van der Waals surface area (Å²) in [6.45, 7) is 2.63. The van der Waals surface area contributed by atoms with E-state index >= 15 is 0 Å². The zero-order valence-corrected chi connectivity index (χ0v) is 9.01. The van der Waals surface area contributed by atoms with E-state index in [-0.39, 0.29) is 5.95 Å². The van der Waals surface area contributed by atoms with E-state index in [0.29, 0.717) is 23.9 Å². The molecule has 2 N–H and O–H groups in total. The summed E-state index contributed by atoms with van der Waals surface area (Å²) >= 11 is 0. The van der Waals surface area contributed by atoms with Gasteiger partial charge in [-0.1, -0.05) is 6.92 Å². The van der Waals surface area contributed by atoms with Crippen LogP contribution >= 0.6 is 0 Å². The van der Waals surface area contributed by atoms with Gasteiger partial charge in [-0.3, -0.25) is 0 Å². The molecular formula is C11H13N3O2. The molecule has 0 saturated carbocycles. The van der Waals surface area contributed by atoms with Gasteiger partial charge in [0.25, 0.3) is 0 Å². The largest absolute Gasteiger partial charge is 0.478 e. The first-order valence-electron chi connectivity index (χ1n) is 5.11. The van der Waals surface area contributed by atoms with Crippen molar-refractivity contribution in [2.75, 3.05) is 12.3 Å². The maximum absolute atomic E-state index is 5.59. The van der Waals surface area contributed by atoms with Gasteiger partial charge in [0, 0.05) is 6.07 Å². The van der Waals surface area contributed by atoms with Crippen LogP contribution < -0.4 is 10.5 Å². The predicted octanol–water partition coefficient (Wildman–Crippen LogP) is 2.11. The molecular weight excluding hydrogens is 206 g/mol. The first-order chi connectivity index (χ1) is 7.79. The SMILES string of the molecule is CCCOc1cc(-c2ccco2)nc(N)n1. The zero-order valence-electron chi connectivity index (χ0n) is 9.01. The van der Waals surface area contributed by atoms with Crippen LogP contribution in [0.5, 0.6) is 5.88 Å². The number of nitrogens with two attached hydrogens (primary N) is 1. The summed E-state index contributed by atoms with van der Waals surface area (Å²) in [5, 5.41) is 0. The molecule has 2 aromatic rings. The molecule has 16 heavy (non-hydrogen) atoms. The molecule has 0 spiro atoms. The van der Waals surface area contributed by atoms with Gasteiger partial charge in [-0.15, -0.1) is 0 Å². The van der Waals surface area contributed by atoms with E-state index in [1.165, 1.54) is 0 Å². The van der Waals surface area contributed by atoms with Gasteiger partial charge in [-0.2, -0.15) is 4.98 Å². The monoisotopic (exact) mass is 219 g/mol. The average Bonchev–Trinajstić information content (AvgIpc) is 2.79. The normalized spacial score (nSPS) is 10.3. The molecule has 0 aliphatic heterocycles. The van der Waals surface area contributed by atoms with Crippen molar-refractivity contribution in [3.05, 3.63) is 24.5 Å². The van der Waals surface area contributed by atoms with Crippen LogP contribution in [0.15, 0.2) is 28.9 Å². The van der Waals surface area contributed by atoms with Crippen LogP contribution in [0, 0.1) is 0 Å². The Balaban J connectivity index is 2.29. The molecule has 0 bridgehead atoms. The molecule has 0 aliphatic rings. The second kappa shape index (κ2) is 4.65. The number of anilines is 1. The van der Waals surface area contributed by atoms with Crippen LogP contribution in [0.1, 0.15) is 13.3 Å². The van der Waals surface area contributed by atoms with Crippen LogP contribution in [0.2, 0.25) is 0 Å². The highest BCUT2D eigenvalue weighted by molar-refractivity contribution is 5.54. The highest BCUT2D eigenvalue weighted by Gasteiger charge is 2.07. The molecule has 0 amide bonds. The number of hydrogen-bond acceptors (Lipinski definition) is 5. The van der Waals surface area contributed by atoms with Crippen molar-refractivity contribution in [1.82, 2.24) is 9.97 Å². The Kier molecular flexibility index (Phi) is 3.05. The highest BCUT2D eigenvalue weighted by atomic mass is 16.5. The van der Waals surface area contributed by atoms with Gasteiger partial charge in [0.15, 0.2) is 5.76 Å². The van der Waals surface area contributed by atoms with Crippen molar-refractivity contribution in [2.24, 2.45) is 0 Å². The number of aromatic nitrogens is 2. The molecule has 0 aliphatic carbocycles. The second-order valence-electron chi connectivity index (χ2n) is 3.28. The van der Waals surface area contributed by atoms with Gasteiger partial charge in [-0.05, 0) is 18.6 Å². The van der Waals surface area contributed by atoms with E-state index in [1.807, 2.05) is 13.0 Å². The number of nitrogens with zero attached hydrogens (tertiary/aromatic N) is 2. The minimum atomic E-state index is 0.181. The first-order valence-corrected chi connectivity index (χ1v) is 5.11. The molecule has 84 valence electrons. The molecule has 0 fully saturated rings. The van der Waals surface area contributed by atoms with Crippen LogP contribution in [-0.2, 0) is 0 Å². The first kappa shape index (κ1) is 10.5. The summed E-state index contributed by atoms with van der Waals surface area (Å²) < 4.78 is 10.6. The number of ether oxygens (including phenoxy) is 1. The van der Waals surface area contributed by atoms with Gasteiger partial charge in [0.05, 0.1) is 12.9 Å². The Bertz CT molecular complexity index is 454. The van der Waals surface area contributed by atoms with E-state index in [1.54, 1.807) is 18.4 Å². The van der Waals surface area contributed by atoms with Crippen LogP contribution in [0.25, 0.3) is 11.5 Å². The quantitative estimate of drug-likeness (QED) is 0.852. The number of rotatable bonds is 4. The standard InChI is InChI=1S/C11H13N3O2/c1-2-5-16-10-7-8(13-11(12)14-10)9-4-3-6-15-9/h3-4,6-7H,2,5H2,1H3,(H2,12,13,14). The summed E-state index contributed by atoms with van der Waals surface area (Å²) in [6, 6.07) is 5.32. The Hall–Kier alpha value is -2.04. The Morgan fingerprint density at radius 1 is 1.44 bits per heavy atom. The molecule has 5 heteroatoms. The van der Waals surface area contributed by atoms with E-state index in [4.69, 9.17) is 14.9 Å². The van der Waals surface area contributed by atoms with E-state index in [0.717, 1.165) is 6.42 Å². The van der Waals surface area contributed by atoms with Crippen molar-refractivity contribution in [3.63, 3.8) is 0 Å². The highest BCUT2D eigenvalue weighted by Crippen LogP contribution is 2.21. The topological polar surface area (TPSA) is 74.2 Å². The summed E-state index contributed by atoms with van der Waals surface area (Å²) in [7, 11) is 0. The number of hydrogen-bond donors (Lipinski definition) is 1. The molecule has 5 nitrogen and oxygen atoms in total. The van der Waals surface area contributed by atoms with Crippen molar-refractivity contribution in [3.8, 4) is 17.3 Å². The molecule has 0 saturated heterocycles. The summed E-state index contributed by atoms with van der Waals surface area (Å²) in [4.78, 5) is 8.06. The Labute approximate surface area is 93.3 Å². The average molecular weight is 219 g/mol. The minimum absolute atomic E-state index is 0.181. The molecule has 0 atom stereocenters. The van der Waals surface area contributed by atoms with Crippen molar-refractivity contribution < 1.29 is 9.15 Å². The van der Waals surface area contributed by atoms with Gasteiger partial charge in [0.1, 0.15) is 5.69 Å². The summed E-state index contributed by atoms with van der Waals surface area (Å²) in [5.74, 6) is 1.30. The smallest absolute Gasteiger partial charge is 0.223 e. The lowest BCUT2D eigenvalue weighted by Crippen LogP contribution is -2.02. The summed E-state index contributed by atoms with van der Waals surface area (Å²) in [6.07, 6.45) is 2.50. The zero-order chi connectivity index (χ0) is 11.4. The molecule has 2 heterocycles. The van der Waals surface area contributed by atoms with Gasteiger partial charge >= 0.3 is 0 Å². The van der Waals surface area contributed by atoms with Crippen LogP contribution in [0.4, 0.5) is 5.95 Å².